The molecule has 1 aromatic carbocycles. The molecule has 122 valence electrons. The molecule has 1 amide bonds. The summed E-state index contributed by atoms with van der Waals surface area (Å²) < 4.78 is 42.3. The summed E-state index contributed by atoms with van der Waals surface area (Å²) in [6.07, 6.45) is -0.308. The number of hydrogen-bond acceptors (Lipinski definition) is 2. The zero-order valence-corrected chi connectivity index (χ0v) is 12.5. The van der Waals surface area contributed by atoms with E-state index in [2.05, 4.69) is 5.32 Å². The van der Waals surface area contributed by atoms with Gasteiger partial charge in [-0.15, -0.1) is 0 Å². The second-order valence-electron chi connectivity index (χ2n) is 5.75. The van der Waals surface area contributed by atoms with Crippen LogP contribution in [0.5, 0.6) is 5.75 Å². The molecule has 0 aromatic heterocycles. The summed E-state index contributed by atoms with van der Waals surface area (Å²) in [6.45, 7) is 0.0116. The van der Waals surface area contributed by atoms with Crippen molar-refractivity contribution in [3.05, 3.63) is 29.8 Å². The smallest absolute Gasteiger partial charge is 0.471 e. The van der Waals surface area contributed by atoms with Gasteiger partial charge in [-0.1, -0.05) is 31.4 Å². The van der Waals surface area contributed by atoms with E-state index in [9.17, 15) is 18.0 Å². The lowest BCUT2D eigenvalue weighted by Crippen LogP contribution is -2.46. The van der Waals surface area contributed by atoms with Gasteiger partial charge in [0.05, 0.1) is 7.11 Å². The fourth-order valence-electron chi connectivity index (χ4n) is 3.09. The van der Waals surface area contributed by atoms with Gasteiger partial charge in [0.1, 0.15) is 5.75 Å². The van der Waals surface area contributed by atoms with Crippen LogP contribution in [0, 0.1) is 0 Å². The maximum absolute atomic E-state index is 12.4. The van der Waals surface area contributed by atoms with Crippen LogP contribution in [0.25, 0.3) is 0 Å². The molecule has 0 saturated heterocycles. The molecule has 0 spiro atoms. The molecule has 2 rings (SSSR count). The average molecular weight is 315 g/mol. The second kappa shape index (κ2) is 6.58. The predicted octanol–water partition coefficient (Wildman–Crippen LogP) is 3.58. The minimum atomic E-state index is -4.84. The minimum Gasteiger partial charge on any atom is -0.497 e. The van der Waals surface area contributed by atoms with Crippen molar-refractivity contribution in [2.24, 2.45) is 0 Å². The molecule has 1 fully saturated rings. The number of alkyl halides is 3. The summed E-state index contributed by atoms with van der Waals surface area (Å²) in [7, 11) is 1.56. The van der Waals surface area contributed by atoms with E-state index in [1.54, 1.807) is 19.2 Å². The van der Waals surface area contributed by atoms with Crippen molar-refractivity contribution >= 4 is 5.91 Å². The van der Waals surface area contributed by atoms with Crippen LogP contribution in [0.3, 0.4) is 0 Å². The SMILES string of the molecule is COc1ccc(C2(CNC(=O)C(F)(F)F)CCCCC2)cc1. The van der Waals surface area contributed by atoms with Gasteiger partial charge in [0.2, 0.25) is 0 Å². The maximum atomic E-state index is 12.4. The number of benzene rings is 1. The van der Waals surface area contributed by atoms with Crippen molar-refractivity contribution < 1.29 is 22.7 Å². The lowest BCUT2D eigenvalue weighted by atomic mass is 9.69. The summed E-state index contributed by atoms with van der Waals surface area (Å²) in [5.41, 5.74) is 0.529. The van der Waals surface area contributed by atoms with E-state index < -0.39 is 17.5 Å². The number of methoxy groups -OCH3 is 1. The molecule has 0 heterocycles. The Bertz CT molecular complexity index is 505. The molecular weight excluding hydrogens is 295 g/mol. The van der Waals surface area contributed by atoms with E-state index in [4.69, 9.17) is 4.74 Å². The minimum absolute atomic E-state index is 0.0116. The van der Waals surface area contributed by atoms with Gasteiger partial charge < -0.3 is 10.1 Å². The fourth-order valence-corrected chi connectivity index (χ4v) is 3.09. The Morgan fingerprint density at radius 2 is 1.77 bits per heavy atom. The zero-order chi connectivity index (χ0) is 16.2. The highest BCUT2D eigenvalue weighted by Gasteiger charge is 2.41. The largest absolute Gasteiger partial charge is 0.497 e. The van der Waals surface area contributed by atoms with Crippen LogP contribution in [-0.4, -0.2) is 25.7 Å². The van der Waals surface area contributed by atoms with Crippen molar-refractivity contribution in [2.75, 3.05) is 13.7 Å². The van der Waals surface area contributed by atoms with E-state index >= 15 is 0 Å². The first-order valence-electron chi connectivity index (χ1n) is 7.37. The van der Waals surface area contributed by atoms with Crippen LogP contribution >= 0.6 is 0 Å². The van der Waals surface area contributed by atoms with Crippen molar-refractivity contribution in [3.8, 4) is 5.75 Å². The monoisotopic (exact) mass is 315 g/mol. The molecule has 1 aliphatic carbocycles. The highest BCUT2D eigenvalue weighted by molar-refractivity contribution is 5.81. The first-order chi connectivity index (χ1) is 10.4. The van der Waals surface area contributed by atoms with Crippen LogP contribution < -0.4 is 10.1 Å². The molecule has 6 heteroatoms. The second-order valence-corrected chi connectivity index (χ2v) is 5.75. The van der Waals surface area contributed by atoms with Crippen LogP contribution in [0.15, 0.2) is 24.3 Å². The van der Waals surface area contributed by atoms with E-state index in [1.165, 1.54) is 0 Å². The predicted molar refractivity (Wildman–Crippen MR) is 76.8 cm³/mol. The summed E-state index contributed by atoms with van der Waals surface area (Å²) in [4.78, 5) is 11.1. The van der Waals surface area contributed by atoms with Gasteiger partial charge in [0, 0.05) is 12.0 Å². The molecule has 1 aliphatic rings. The summed E-state index contributed by atoms with van der Waals surface area (Å²) in [6, 6.07) is 7.36. The lowest BCUT2D eigenvalue weighted by Gasteiger charge is -2.38. The third kappa shape index (κ3) is 3.72. The Hall–Kier alpha value is -1.72. The van der Waals surface area contributed by atoms with Gasteiger partial charge in [-0.25, -0.2) is 0 Å². The summed E-state index contributed by atoms with van der Waals surface area (Å²) >= 11 is 0. The van der Waals surface area contributed by atoms with Crippen molar-refractivity contribution in [3.63, 3.8) is 0 Å². The Balaban J connectivity index is 2.18. The third-order valence-corrected chi connectivity index (χ3v) is 4.36. The first-order valence-corrected chi connectivity index (χ1v) is 7.37. The fraction of sp³-hybridized carbons (Fsp3) is 0.562. The third-order valence-electron chi connectivity index (χ3n) is 4.36. The van der Waals surface area contributed by atoms with Crippen LogP contribution in [-0.2, 0) is 10.2 Å². The zero-order valence-electron chi connectivity index (χ0n) is 12.5. The Labute approximate surface area is 127 Å². The van der Waals surface area contributed by atoms with Gasteiger partial charge in [0.25, 0.3) is 0 Å². The Morgan fingerprint density at radius 1 is 1.18 bits per heavy atom. The average Bonchev–Trinajstić information content (AvgIpc) is 2.52. The number of carbonyl (C=O) groups excluding carboxylic acids is 1. The number of hydrogen-bond donors (Lipinski definition) is 1. The highest BCUT2D eigenvalue weighted by Crippen LogP contribution is 2.39. The number of halogens is 3. The number of carbonyl (C=O) groups is 1. The standard InChI is InChI=1S/C16H20F3NO2/c1-22-13-7-5-12(6-8-13)15(9-3-2-4-10-15)11-20-14(21)16(17,18)19/h5-8H,2-4,9-11H2,1H3,(H,20,21). The summed E-state index contributed by atoms with van der Waals surface area (Å²) in [5.74, 6) is -1.17. The van der Waals surface area contributed by atoms with Gasteiger partial charge >= 0.3 is 12.1 Å². The number of rotatable bonds is 4. The van der Waals surface area contributed by atoms with Crippen molar-refractivity contribution in [1.82, 2.24) is 5.32 Å². The summed E-state index contributed by atoms with van der Waals surface area (Å²) in [5, 5.41) is 2.07. The topological polar surface area (TPSA) is 38.3 Å². The molecule has 22 heavy (non-hydrogen) atoms. The van der Waals surface area contributed by atoms with Gasteiger partial charge in [-0.2, -0.15) is 13.2 Å². The molecule has 0 unspecified atom stereocenters. The highest BCUT2D eigenvalue weighted by atomic mass is 19.4. The van der Waals surface area contributed by atoms with Gasteiger partial charge in [0.15, 0.2) is 0 Å². The molecule has 1 N–H and O–H groups in total. The molecule has 3 nitrogen and oxygen atoms in total. The quantitative estimate of drug-likeness (QED) is 0.922. The van der Waals surface area contributed by atoms with E-state index in [-0.39, 0.29) is 6.54 Å². The Kier molecular flexibility index (Phi) is 4.98. The van der Waals surface area contributed by atoms with Crippen LogP contribution in [0.4, 0.5) is 13.2 Å². The molecule has 1 aromatic rings. The van der Waals surface area contributed by atoms with Crippen molar-refractivity contribution in [1.29, 1.82) is 0 Å². The maximum Gasteiger partial charge on any atom is 0.471 e. The lowest BCUT2D eigenvalue weighted by molar-refractivity contribution is -0.173. The number of amides is 1. The van der Waals surface area contributed by atoms with Crippen LogP contribution in [0.1, 0.15) is 37.7 Å². The van der Waals surface area contributed by atoms with Crippen molar-refractivity contribution in [2.45, 2.75) is 43.7 Å². The molecule has 0 aliphatic heterocycles. The van der Waals surface area contributed by atoms with Gasteiger partial charge in [-0.3, -0.25) is 4.79 Å². The van der Waals surface area contributed by atoms with Gasteiger partial charge in [-0.05, 0) is 30.5 Å². The van der Waals surface area contributed by atoms with E-state index in [0.29, 0.717) is 5.75 Å². The molecule has 0 radical (unpaired) electrons. The van der Waals surface area contributed by atoms with E-state index in [0.717, 1.165) is 37.7 Å². The number of ether oxygens (including phenoxy) is 1. The van der Waals surface area contributed by atoms with Crippen LogP contribution in [0.2, 0.25) is 0 Å². The molecular formula is C16H20F3NO2. The molecule has 0 atom stereocenters. The Morgan fingerprint density at radius 3 is 2.27 bits per heavy atom. The van der Waals surface area contributed by atoms with E-state index in [1.807, 2.05) is 12.1 Å². The molecule has 0 bridgehead atoms. The molecule has 1 saturated carbocycles. The number of nitrogens with one attached hydrogen (secondary N) is 1. The normalized spacial score (nSPS) is 17.8. The first kappa shape index (κ1) is 16.6.